The van der Waals surface area contributed by atoms with E-state index in [9.17, 15) is 0 Å². The van der Waals surface area contributed by atoms with E-state index >= 15 is 0 Å². The van der Waals surface area contributed by atoms with E-state index in [0.29, 0.717) is 11.8 Å². The molecule has 1 atom stereocenters. The number of hydrogen-bond donors (Lipinski definition) is 1. The van der Waals surface area contributed by atoms with E-state index in [1.165, 1.54) is 0 Å². The minimum Gasteiger partial charge on any atom is -0.396 e. The molecule has 5 heteroatoms. The van der Waals surface area contributed by atoms with Gasteiger partial charge in [-0.3, -0.25) is 0 Å². The van der Waals surface area contributed by atoms with Gasteiger partial charge < -0.3 is 9.63 Å². The molecule has 0 aliphatic rings. The third-order valence-electron chi connectivity index (χ3n) is 1.51. The smallest absolute Gasteiger partial charge is 0.223 e. The predicted octanol–water partition coefficient (Wildman–Crippen LogP) is 1.24. The van der Waals surface area contributed by atoms with E-state index in [1.807, 2.05) is 6.92 Å². The summed E-state index contributed by atoms with van der Waals surface area (Å²) in [4.78, 5) is 4.07. The summed E-state index contributed by atoms with van der Waals surface area (Å²) in [6.07, 6.45) is 0. The molecule has 0 aromatic carbocycles. The molecule has 4 nitrogen and oxygen atoms in total. The molecule has 0 bridgehead atoms. The molecule has 0 unspecified atom stereocenters. The Hall–Kier alpha value is -0.550. The van der Waals surface area contributed by atoms with E-state index in [4.69, 9.17) is 9.63 Å². The fourth-order valence-corrected chi connectivity index (χ4v) is 1.73. The summed E-state index contributed by atoms with van der Waals surface area (Å²) in [6, 6.07) is 0. The largest absolute Gasteiger partial charge is 0.396 e. The Kier molecular flexibility index (Phi) is 4.24. The first kappa shape index (κ1) is 10.5. The van der Waals surface area contributed by atoms with E-state index in [-0.39, 0.29) is 6.61 Å². The van der Waals surface area contributed by atoms with Crippen molar-refractivity contribution < 1.29 is 9.63 Å². The Morgan fingerprint density at radius 2 is 2.38 bits per heavy atom. The molecule has 0 radical (unpaired) electrons. The summed E-state index contributed by atoms with van der Waals surface area (Å²) in [5, 5.41) is 12.5. The number of aliphatic hydroxyl groups excluding tert-OH is 1. The Morgan fingerprint density at radius 3 is 2.92 bits per heavy atom. The van der Waals surface area contributed by atoms with Crippen LogP contribution in [0.4, 0.5) is 0 Å². The fraction of sp³-hybridized carbons (Fsp3) is 0.750. The number of aliphatic hydroxyl groups is 1. The highest BCUT2D eigenvalue weighted by atomic mass is 32.2. The van der Waals surface area contributed by atoms with Crippen LogP contribution in [0.15, 0.2) is 4.52 Å². The van der Waals surface area contributed by atoms with Crippen molar-refractivity contribution in [2.75, 3.05) is 12.4 Å². The molecule has 1 rings (SSSR count). The van der Waals surface area contributed by atoms with Crippen LogP contribution in [0.25, 0.3) is 0 Å². The standard InChI is InChI=1S/C8H14N2O2S/c1-6(3-11)4-13-5-8-9-7(2)12-10-8/h6,11H,3-5H2,1-2H3/t6-/m1/s1. The Balaban J connectivity index is 2.20. The average molecular weight is 202 g/mol. The van der Waals surface area contributed by atoms with Gasteiger partial charge in [-0.15, -0.1) is 0 Å². The van der Waals surface area contributed by atoms with Crippen LogP contribution in [-0.2, 0) is 5.75 Å². The van der Waals surface area contributed by atoms with Crippen LogP contribution in [0.1, 0.15) is 18.6 Å². The van der Waals surface area contributed by atoms with Gasteiger partial charge in [-0.25, -0.2) is 0 Å². The predicted molar refractivity (Wildman–Crippen MR) is 51.4 cm³/mol. The second-order valence-electron chi connectivity index (χ2n) is 3.03. The highest BCUT2D eigenvalue weighted by molar-refractivity contribution is 7.98. The molecule has 0 aliphatic heterocycles. The molecule has 0 amide bonds. The summed E-state index contributed by atoms with van der Waals surface area (Å²) in [5.41, 5.74) is 0. The fourth-order valence-electron chi connectivity index (χ4n) is 0.804. The first-order chi connectivity index (χ1) is 6.22. The lowest BCUT2D eigenvalue weighted by Crippen LogP contribution is -2.03. The lowest BCUT2D eigenvalue weighted by atomic mass is 10.2. The van der Waals surface area contributed by atoms with Crippen molar-refractivity contribution in [3.63, 3.8) is 0 Å². The molecule has 0 aliphatic carbocycles. The molecule has 1 aromatic rings. The SMILES string of the molecule is Cc1nc(CSC[C@H](C)CO)no1. The van der Waals surface area contributed by atoms with Crippen molar-refractivity contribution in [3.05, 3.63) is 11.7 Å². The van der Waals surface area contributed by atoms with Crippen molar-refractivity contribution in [2.24, 2.45) is 5.92 Å². The van der Waals surface area contributed by atoms with Gasteiger partial charge in [0.25, 0.3) is 0 Å². The molecule has 0 fully saturated rings. The normalized spacial score (nSPS) is 13.2. The minimum absolute atomic E-state index is 0.234. The zero-order valence-corrected chi connectivity index (χ0v) is 8.67. The molecule has 1 N–H and O–H groups in total. The maximum Gasteiger partial charge on any atom is 0.223 e. The van der Waals surface area contributed by atoms with Crippen LogP contribution in [0.5, 0.6) is 0 Å². The Bertz CT molecular complexity index is 252. The summed E-state index contributed by atoms with van der Waals surface area (Å²) in [7, 11) is 0. The van der Waals surface area contributed by atoms with Crippen molar-refractivity contribution in [3.8, 4) is 0 Å². The second kappa shape index (κ2) is 5.24. The van der Waals surface area contributed by atoms with Crippen molar-refractivity contribution in [1.29, 1.82) is 0 Å². The number of aryl methyl sites for hydroxylation is 1. The molecule has 1 aromatic heterocycles. The molecular formula is C8H14N2O2S. The van der Waals surface area contributed by atoms with Crippen LogP contribution in [-0.4, -0.2) is 27.6 Å². The first-order valence-electron chi connectivity index (χ1n) is 4.20. The quantitative estimate of drug-likeness (QED) is 0.778. The van der Waals surface area contributed by atoms with Gasteiger partial charge in [0.2, 0.25) is 5.89 Å². The third kappa shape index (κ3) is 3.78. The maximum atomic E-state index is 8.77. The van der Waals surface area contributed by atoms with Crippen LogP contribution in [0, 0.1) is 12.8 Å². The Morgan fingerprint density at radius 1 is 1.62 bits per heavy atom. The Labute approximate surface area is 81.7 Å². The van der Waals surface area contributed by atoms with E-state index in [0.717, 1.165) is 17.3 Å². The molecule has 0 saturated heterocycles. The number of nitrogens with zero attached hydrogens (tertiary/aromatic N) is 2. The second-order valence-corrected chi connectivity index (χ2v) is 4.06. The van der Waals surface area contributed by atoms with Crippen LogP contribution in [0.2, 0.25) is 0 Å². The summed E-state index contributed by atoms with van der Waals surface area (Å²) < 4.78 is 4.82. The molecule has 0 saturated carbocycles. The molecule has 1 heterocycles. The van der Waals surface area contributed by atoms with Gasteiger partial charge in [-0.2, -0.15) is 16.7 Å². The highest BCUT2D eigenvalue weighted by Gasteiger charge is 2.04. The maximum absolute atomic E-state index is 8.77. The van der Waals surface area contributed by atoms with Gasteiger partial charge in [-0.1, -0.05) is 12.1 Å². The first-order valence-corrected chi connectivity index (χ1v) is 5.35. The number of aromatic nitrogens is 2. The van der Waals surface area contributed by atoms with Crippen molar-refractivity contribution in [2.45, 2.75) is 19.6 Å². The zero-order chi connectivity index (χ0) is 9.68. The van der Waals surface area contributed by atoms with Crippen molar-refractivity contribution >= 4 is 11.8 Å². The van der Waals surface area contributed by atoms with Crippen LogP contribution < -0.4 is 0 Å². The highest BCUT2D eigenvalue weighted by Crippen LogP contribution is 2.12. The third-order valence-corrected chi connectivity index (χ3v) is 2.78. The van der Waals surface area contributed by atoms with Gasteiger partial charge >= 0.3 is 0 Å². The van der Waals surface area contributed by atoms with Gasteiger partial charge in [0.1, 0.15) is 0 Å². The van der Waals surface area contributed by atoms with Gasteiger partial charge in [-0.05, 0) is 11.7 Å². The summed E-state index contributed by atoms with van der Waals surface area (Å²) in [6.45, 7) is 4.02. The minimum atomic E-state index is 0.234. The van der Waals surface area contributed by atoms with Gasteiger partial charge in [0.15, 0.2) is 5.82 Å². The number of thioether (sulfide) groups is 1. The molecular weight excluding hydrogens is 188 g/mol. The lowest BCUT2D eigenvalue weighted by molar-refractivity contribution is 0.250. The summed E-state index contributed by atoms with van der Waals surface area (Å²) in [5.74, 6) is 3.34. The monoisotopic (exact) mass is 202 g/mol. The van der Waals surface area contributed by atoms with Gasteiger partial charge in [0, 0.05) is 13.5 Å². The van der Waals surface area contributed by atoms with Crippen LogP contribution >= 0.6 is 11.8 Å². The zero-order valence-electron chi connectivity index (χ0n) is 7.86. The average Bonchev–Trinajstić information content (AvgIpc) is 2.51. The van der Waals surface area contributed by atoms with E-state index < -0.39 is 0 Å². The molecule has 0 spiro atoms. The van der Waals surface area contributed by atoms with E-state index in [2.05, 4.69) is 10.1 Å². The molecule has 13 heavy (non-hydrogen) atoms. The lowest BCUT2D eigenvalue weighted by Gasteiger charge is -2.04. The number of rotatable bonds is 5. The van der Waals surface area contributed by atoms with Gasteiger partial charge in [0.05, 0.1) is 5.75 Å². The summed E-state index contributed by atoms with van der Waals surface area (Å²) >= 11 is 1.71. The van der Waals surface area contributed by atoms with Crippen LogP contribution in [0.3, 0.4) is 0 Å². The van der Waals surface area contributed by atoms with Crippen molar-refractivity contribution in [1.82, 2.24) is 10.1 Å². The van der Waals surface area contributed by atoms with E-state index in [1.54, 1.807) is 18.7 Å². The topological polar surface area (TPSA) is 59.2 Å². The number of hydrogen-bond acceptors (Lipinski definition) is 5. The molecule has 74 valence electrons.